The van der Waals surface area contributed by atoms with E-state index in [0.29, 0.717) is 13.2 Å². The Kier molecular flexibility index (Phi) is 14.2. The first-order valence-electron chi connectivity index (χ1n) is 18.0. The first-order chi connectivity index (χ1) is 21.9. The van der Waals surface area contributed by atoms with Gasteiger partial charge in [-0.1, -0.05) is 88.1 Å². The van der Waals surface area contributed by atoms with Crippen LogP contribution in [0.1, 0.15) is 125 Å². The number of rotatable bonds is 20. The number of quaternary nitrogens is 1. The molecule has 5 heteroatoms. The van der Waals surface area contributed by atoms with Crippen molar-refractivity contribution in [2.24, 2.45) is 0 Å². The molecule has 1 aliphatic rings. The first kappa shape index (κ1) is 34.9. The van der Waals surface area contributed by atoms with Gasteiger partial charge in [0.1, 0.15) is 6.54 Å². The number of aryl methyl sites for hydroxylation is 4. The van der Waals surface area contributed by atoms with Crippen LogP contribution in [-0.4, -0.2) is 40.3 Å². The van der Waals surface area contributed by atoms with E-state index in [1.165, 1.54) is 104 Å². The van der Waals surface area contributed by atoms with E-state index in [1.807, 2.05) is 13.1 Å². The molecule has 0 fully saturated rings. The Labute approximate surface area is 273 Å². The van der Waals surface area contributed by atoms with Gasteiger partial charge in [0.05, 0.1) is 13.6 Å². The molecule has 0 saturated carbocycles. The largest absolute Gasteiger partial charge is 0.415 e. The number of allylic oxidation sites excluding steroid dienone is 2. The van der Waals surface area contributed by atoms with Crippen molar-refractivity contribution in [3.05, 3.63) is 76.8 Å². The number of carbonyl (C=O) groups is 1. The van der Waals surface area contributed by atoms with Crippen LogP contribution in [0.3, 0.4) is 0 Å². The van der Waals surface area contributed by atoms with E-state index in [-0.39, 0.29) is 5.97 Å². The number of nitrogens with zero attached hydrogens (tertiary/aromatic N) is 3. The van der Waals surface area contributed by atoms with Crippen molar-refractivity contribution >= 4 is 16.9 Å². The molecule has 246 valence electrons. The van der Waals surface area contributed by atoms with Gasteiger partial charge in [0, 0.05) is 53.4 Å². The third-order valence-electron chi connectivity index (χ3n) is 9.65. The lowest BCUT2D eigenvalue weighted by molar-refractivity contribution is -0.940. The zero-order chi connectivity index (χ0) is 31.9. The molecule has 1 atom stereocenters. The maximum atomic E-state index is 12.7. The van der Waals surface area contributed by atoms with Crippen LogP contribution in [-0.2, 0) is 35.5 Å². The Balaban J connectivity index is 1.16. The molecule has 0 spiro atoms. The minimum absolute atomic E-state index is 0.0391. The SMILES string of the molecule is CCCCCCCC/C=C\CCCCCCCC(=O)OC[N+]1(C)CCc2c(c3cc(C)ccc3n2CCc2ccc(C)nc2)C1. The molecule has 4 rings (SSSR count). The number of fused-ring (bicyclic) bond motifs is 3. The van der Waals surface area contributed by atoms with Gasteiger partial charge in [0.25, 0.3) is 0 Å². The molecule has 0 bridgehead atoms. The van der Waals surface area contributed by atoms with Gasteiger partial charge in [0.2, 0.25) is 6.73 Å². The Morgan fingerprint density at radius 2 is 1.64 bits per heavy atom. The first-order valence-corrected chi connectivity index (χ1v) is 18.0. The van der Waals surface area contributed by atoms with E-state index in [0.717, 1.165) is 55.5 Å². The second-order valence-electron chi connectivity index (χ2n) is 13.9. The van der Waals surface area contributed by atoms with Crippen molar-refractivity contribution in [2.75, 3.05) is 20.3 Å². The van der Waals surface area contributed by atoms with E-state index in [1.54, 1.807) is 0 Å². The maximum Gasteiger partial charge on any atom is 0.310 e. The molecule has 0 radical (unpaired) electrons. The fourth-order valence-corrected chi connectivity index (χ4v) is 6.78. The number of hydrogen-bond donors (Lipinski definition) is 0. The third-order valence-corrected chi connectivity index (χ3v) is 9.65. The van der Waals surface area contributed by atoms with Gasteiger partial charge in [0.15, 0.2) is 0 Å². The predicted molar refractivity (Wildman–Crippen MR) is 188 cm³/mol. The zero-order valence-corrected chi connectivity index (χ0v) is 28.9. The van der Waals surface area contributed by atoms with Crippen LogP contribution in [0.25, 0.3) is 10.9 Å². The summed E-state index contributed by atoms with van der Waals surface area (Å²) in [5.41, 5.74) is 7.82. The fourth-order valence-electron chi connectivity index (χ4n) is 6.78. The predicted octanol–water partition coefficient (Wildman–Crippen LogP) is 9.94. The number of aromatic nitrogens is 2. The van der Waals surface area contributed by atoms with Crippen molar-refractivity contribution in [3.63, 3.8) is 0 Å². The Hall–Kier alpha value is -2.92. The lowest BCUT2D eigenvalue weighted by Gasteiger charge is -2.37. The molecular formula is C40H60N3O2+. The Morgan fingerprint density at radius 3 is 2.36 bits per heavy atom. The number of benzene rings is 1. The van der Waals surface area contributed by atoms with Crippen LogP contribution in [0.2, 0.25) is 0 Å². The summed E-state index contributed by atoms with van der Waals surface area (Å²) in [4.78, 5) is 17.2. The molecule has 45 heavy (non-hydrogen) atoms. The summed E-state index contributed by atoms with van der Waals surface area (Å²) in [5, 5.41) is 1.36. The van der Waals surface area contributed by atoms with E-state index < -0.39 is 0 Å². The fraction of sp³-hybridized carbons (Fsp3) is 0.600. The van der Waals surface area contributed by atoms with Gasteiger partial charge in [-0.15, -0.1) is 0 Å². The summed E-state index contributed by atoms with van der Waals surface area (Å²) in [5.74, 6) is -0.0391. The Bertz CT molecular complexity index is 1360. The summed E-state index contributed by atoms with van der Waals surface area (Å²) in [6, 6.07) is 11.2. The zero-order valence-electron chi connectivity index (χ0n) is 28.9. The van der Waals surface area contributed by atoms with Crippen molar-refractivity contribution in [3.8, 4) is 0 Å². The summed E-state index contributed by atoms with van der Waals surface area (Å²) in [6.07, 6.45) is 25.7. The third kappa shape index (κ3) is 11.1. The van der Waals surface area contributed by atoms with Crippen LogP contribution in [0.5, 0.6) is 0 Å². The minimum atomic E-state index is -0.0391. The van der Waals surface area contributed by atoms with E-state index in [9.17, 15) is 4.79 Å². The van der Waals surface area contributed by atoms with Crippen LogP contribution in [0.4, 0.5) is 0 Å². The number of pyridine rings is 1. The topological polar surface area (TPSA) is 44.1 Å². The summed E-state index contributed by atoms with van der Waals surface area (Å²) < 4.78 is 9.17. The van der Waals surface area contributed by atoms with Gasteiger partial charge in [-0.05, 0) is 76.1 Å². The minimum Gasteiger partial charge on any atom is -0.415 e. The molecule has 0 amide bonds. The monoisotopic (exact) mass is 614 g/mol. The van der Waals surface area contributed by atoms with Gasteiger partial charge in [-0.2, -0.15) is 0 Å². The number of ether oxygens (including phenoxy) is 1. The van der Waals surface area contributed by atoms with Gasteiger partial charge in [-0.3, -0.25) is 14.3 Å². The second kappa shape index (κ2) is 18.3. The molecule has 1 aromatic carbocycles. The molecule has 3 aromatic rings. The number of esters is 1. The highest BCUT2D eigenvalue weighted by molar-refractivity contribution is 5.86. The van der Waals surface area contributed by atoms with Crippen molar-refractivity contribution in [2.45, 2.75) is 137 Å². The Morgan fingerprint density at radius 1 is 0.933 bits per heavy atom. The quantitative estimate of drug-likeness (QED) is 0.0551. The summed E-state index contributed by atoms with van der Waals surface area (Å²) >= 11 is 0. The maximum absolute atomic E-state index is 12.7. The highest BCUT2D eigenvalue weighted by Gasteiger charge is 2.34. The molecule has 5 nitrogen and oxygen atoms in total. The van der Waals surface area contributed by atoms with Gasteiger partial charge in [-0.25, -0.2) is 0 Å². The van der Waals surface area contributed by atoms with Crippen LogP contribution >= 0.6 is 0 Å². The number of carbonyl (C=O) groups excluding carboxylic acids is 1. The highest BCUT2D eigenvalue weighted by atomic mass is 16.5. The molecule has 3 heterocycles. The number of unbranched alkanes of at least 4 members (excludes halogenated alkanes) is 11. The van der Waals surface area contributed by atoms with Crippen LogP contribution in [0, 0.1) is 13.8 Å². The summed E-state index contributed by atoms with van der Waals surface area (Å²) in [6.45, 7) is 9.77. The molecule has 1 unspecified atom stereocenters. The highest BCUT2D eigenvalue weighted by Crippen LogP contribution is 2.34. The molecule has 0 aliphatic carbocycles. The molecular weight excluding hydrogens is 554 g/mol. The lowest BCUT2D eigenvalue weighted by Crippen LogP contribution is -2.49. The molecule has 2 aromatic heterocycles. The standard InChI is InChI=1S/C40H60N3O2/c1-5-6-7-8-9-10-11-12-13-14-15-16-17-18-19-20-40(44)45-32-43(4)28-26-39-37(31-43)36-29-33(2)21-24-38(36)42(39)27-25-35-23-22-34(3)41-30-35/h12-13,21-24,29-30H,5-11,14-20,25-28,31-32H2,1-4H3/q+1/b13-12-. The molecule has 1 aliphatic heterocycles. The van der Waals surface area contributed by atoms with Gasteiger partial charge >= 0.3 is 5.97 Å². The van der Waals surface area contributed by atoms with Crippen molar-refractivity contribution in [1.29, 1.82) is 0 Å². The second-order valence-corrected chi connectivity index (χ2v) is 13.9. The number of hydrogen-bond acceptors (Lipinski definition) is 3. The average molecular weight is 615 g/mol. The number of likely N-dealkylation sites (N-methyl/N-ethyl adjacent to an activating group) is 1. The smallest absolute Gasteiger partial charge is 0.310 e. The van der Waals surface area contributed by atoms with E-state index >= 15 is 0 Å². The molecule has 0 saturated heterocycles. The van der Waals surface area contributed by atoms with E-state index in [4.69, 9.17) is 4.74 Å². The lowest BCUT2D eigenvalue weighted by atomic mass is 10.0. The van der Waals surface area contributed by atoms with Crippen LogP contribution < -0.4 is 0 Å². The van der Waals surface area contributed by atoms with E-state index in [2.05, 4.69) is 72.9 Å². The van der Waals surface area contributed by atoms with Crippen molar-refractivity contribution in [1.82, 2.24) is 9.55 Å². The van der Waals surface area contributed by atoms with Crippen LogP contribution in [0.15, 0.2) is 48.7 Å². The average Bonchev–Trinajstić information content (AvgIpc) is 3.33. The normalized spacial score (nSPS) is 16.4. The van der Waals surface area contributed by atoms with Crippen molar-refractivity contribution < 1.29 is 14.0 Å². The van der Waals surface area contributed by atoms with Gasteiger partial charge < -0.3 is 9.30 Å². The molecule has 0 N–H and O–H groups in total. The summed E-state index contributed by atoms with van der Waals surface area (Å²) in [7, 11) is 2.25.